The molecule has 0 unspecified atom stereocenters. The summed E-state index contributed by atoms with van der Waals surface area (Å²) >= 11 is 0. The minimum Gasteiger partial charge on any atom is -0.490 e. The van der Waals surface area contributed by atoms with Crippen LogP contribution in [0.4, 0.5) is 5.69 Å². The second-order valence-corrected chi connectivity index (χ2v) is 5.60. The number of ether oxygens (including phenoxy) is 2. The number of nitrogens with zero attached hydrogens (tertiary/aromatic N) is 1. The van der Waals surface area contributed by atoms with Gasteiger partial charge >= 0.3 is 5.97 Å². The molecule has 2 N–H and O–H groups in total. The minimum atomic E-state index is -0.361. The zero-order valence-corrected chi connectivity index (χ0v) is 12.8. The number of benzene rings is 1. The van der Waals surface area contributed by atoms with Gasteiger partial charge in [0.15, 0.2) is 0 Å². The normalized spacial score (nSPS) is 15.4. The van der Waals surface area contributed by atoms with E-state index >= 15 is 0 Å². The fourth-order valence-electron chi connectivity index (χ4n) is 2.38. The maximum absolute atomic E-state index is 11.8. The first-order valence-electron chi connectivity index (χ1n) is 7.52. The van der Waals surface area contributed by atoms with Crippen molar-refractivity contribution in [2.24, 2.45) is 0 Å². The van der Waals surface area contributed by atoms with E-state index in [4.69, 9.17) is 15.2 Å². The van der Waals surface area contributed by atoms with Gasteiger partial charge in [-0.15, -0.1) is 0 Å². The van der Waals surface area contributed by atoms with Gasteiger partial charge in [-0.2, -0.15) is 0 Å². The van der Waals surface area contributed by atoms with Gasteiger partial charge in [-0.1, -0.05) is 0 Å². The predicted molar refractivity (Wildman–Crippen MR) is 82.6 cm³/mol. The van der Waals surface area contributed by atoms with E-state index in [9.17, 15) is 4.79 Å². The lowest BCUT2D eigenvalue weighted by atomic mass is 10.2. The summed E-state index contributed by atoms with van der Waals surface area (Å²) in [5.74, 6) is 0.260. The molecule has 1 saturated heterocycles. The summed E-state index contributed by atoms with van der Waals surface area (Å²) in [6.45, 7) is 7.46. The highest BCUT2D eigenvalue weighted by atomic mass is 16.5. The number of nitrogens with two attached hydrogens (primary N) is 1. The average Bonchev–Trinajstić information content (AvgIpc) is 2.93. The first-order valence-corrected chi connectivity index (χ1v) is 7.52. The first-order chi connectivity index (χ1) is 10.1. The third kappa shape index (κ3) is 4.63. The largest absolute Gasteiger partial charge is 0.490 e. The van der Waals surface area contributed by atoms with Crippen LogP contribution in [0.25, 0.3) is 0 Å². The number of hydrogen-bond donors (Lipinski definition) is 1. The number of anilines is 1. The summed E-state index contributed by atoms with van der Waals surface area (Å²) in [7, 11) is 0. The van der Waals surface area contributed by atoms with E-state index in [2.05, 4.69) is 4.90 Å². The lowest BCUT2D eigenvalue weighted by molar-refractivity contribution is 0.0378. The number of carbonyl (C=O) groups excluding carboxylic acids is 1. The quantitative estimate of drug-likeness (QED) is 0.644. The molecule has 0 saturated carbocycles. The molecule has 0 aromatic heterocycles. The Balaban J connectivity index is 1.87. The van der Waals surface area contributed by atoms with Gasteiger partial charge in [-0.05, 0) is 58.0 Å². The van der Waals surface area contributed by atoms with Crippen molar-refractivity contribution in [2.75, 3.05) is 32.0 Å². The van der Waals surface area contributed by atoms with E-state index in [0.29, 0.717) is 23.6 Å². The summed E-state index contributed by atoms with van der Waals surface area (Å²) in [6.07, 6.45) is 2.40. The van der Waals surface area contributed by atoms with E-state index in [0.717, 1.165) is 19.6 Å². The fourth-order valence-corrected chi connectivity index (χ4v) is 2.38. The van der Waals surface area contributed by atoms with E-state index in [1.54, 1.807) is 18.2 Å². The summed E-state index contributed by atoms with van der Waals surface area (Å²) in [6, 6.07) is 5.03. The van der Waals surface area contributed by atoms with Crippen molar-refractivity contribution < 1.29 is 14.3 Å². The average molecular weight is 292 g/mol. The van der Waals surface area contributed by atoms with Crippen LogP contribution in [0.5, 0.6) is 5.75 Å². The maximum atomic E-state index is 11.8. The molecule has 0 amide bonds. The smallest absolute Gasteiger partial charge is 0.338 e. The zero-order valence-electron chi connectivity index (χ0n) is 12.8. The van der Waals surface area contributed by atoms with E-state index < -0.39 is 0 Å². The number of esters is 1. The molecule has 1 aliphatic rings. The molecule has 2 rings (SSSR count). The van der Waals surface area contributed by atoms with Gasteiger partial charge in [-0.25, -0.2) is 4.79 Å². The molecule has 5 nitrogen and oxygen atoms in total. The van der Waals surface area contributed by atoms with Gasteiger partial charge in [0, 0.05) is 6.54 Å². The number of carbonyl (C=O) groups is 1. The molecule has 1 aromatic rings. The highest BCUT2D eigenvalue weighted by molar-refractivity contribution is 5.91. The standard InChI is InChI=1S/C16H24N2O3/c1-12(2)21-16(19)13-5-6-15(14(17)11-13)20-10-9-18-7-3-4-8-18/h5-6,11-12H,3-4,7-10,17H2,1-2H3. The molecule has 0 radical (unpaired) electrons. The van der Waals surface area contributed by atoms with Gasteiger partial charge in [0.25, 0.3) is 0 Å². The Morgan fingerprint density at radius 1 is 1.33 bits per heavy atom. The molecule has 1 heterocycles. The third-order valence-corrected chi connectivity index (χ3v) is 3.45. The van der Waals surface area contributed by atoms with Crippen LogP contribution in [-0.4, -0.2) is 43.2 Å². The van der Waals surface area contributed by atoms with Crippen LogP contribution in [-0.2, 0) is 4.74 Å². The molecular formula is C16H24N2O3. The fraction of sp³-hybridized carbons (Fsp3) is 0.562. The summed E-state index contributed by atoms with van der Waals surface area (Å²) < 4.78 is 10.8. The number of nitrogen functional groups attached to an aromatic ring is 1. The summed E-state index contributed by atoms with van der Waals surface area (Å²) in [5, 5.41) is 0. The van der Waals surface area contributed by atoms with Crippen LogP contribution < -0.4 is 10.5 Å². The lowest BCUT2D eigenvalue weighted by Gasteiger charge is -2.16. The second-order valence-electron chi connectivity index (χ2n) is 5.60. The zero-order chi connectivity index (χ0) is 15.2. The van der Waals surface area contributed by atoms with Crippen LogP contribution in [0.15, 0.2) is 18.2 Å². The molecular weight excluding hydrogens is 268 g/mol. The van der Waals surface area contributed by atoms with Crippen molar-refractivity contribution in [3.63, 3.8) is 0 Å². The Labute approximate surface area is 126 Å². The maximum Gasteiger partial charge on any atom is 0.338 e. The third-order valence-electron chi connectivity index (χ3n) is 3.45. The van der Waals surface area contributed by atoms with Gasteiger partial charge in [-0.3, -0.25) is 4.90 Å². The van der Waals surface area contributed by atoms with Crippen molar-refractivity contribution in [3.05, 3.63) is 23.8 Å². The van der Waals surface area contributed by atoms with E-state index in [1.165, 1.54) is 12.8 Å². The highest BCUT2D eigenvalue weighted by Gasteiger charge is 2.13. The van der Waals surface area contributed by atoms with Crippen molar-refractivity contribution in [2.45, 2.75) is 32.8 Å². The minimum absolute atomic E-state index is 0.143. The predicted octanol–water partition coefficient (Wildman–Crippen LogP) is 2.31. The molecule has 1 aromatic carbocycles. The summed E-state index contributed by atoms with van der Waals surface area (Å²) in [4.78, 5) is 14.2. The van der Waals surface area contributed by atoms with Crippen LogP contribution in [0.2, 0.25) is 0 Å². The lowest BCUT2D eigenvalue weighted by Crippen LogP contribution is -2.25. The van der Waals surface area contributed by atoms with Gasteiger partial charge in [0.05, 0.1) is 17.4 Å². The van der Waals surface area contributed by atoms with Gasteiger partial charge in [0.2, 0.25) is 0 Å². The second kappa shape index (κ2) is 7.31. The van der Waals surface area contributed by atoms with Crippen LogP contribution in [0.3, 0.4) is 0 Å². The first kappa shape index (κ1) is 15.6. The Morgan fingerprint density at radius 3 is 2.67 bits per heavy atom. The molecule has 1 fully saturated rings. The van der Waals surface area contributed by atoms with Crippen molar-refractivity contribution >= 4 is 11.7 Å². The molecule has 0 aliphatic carbocycles. The van der Waals surface area contributed by atoms with E-state index in [-0.39, 0.29) is 12.1 Å². The molecule has 0 spiro atoms. The molecule has 5 heteroatoms. The molecule has 1 aliphatic heterocycles. The topological polar surface area (TPSA) is 64.8 Å². The van der Waals surface area contributed by atoms with Crippen molar-refractivity contribution in [3.8, 4) is 5.75 Å². The Bertz CT molecular complexity index is 482. The van der Waals surface area contributed by atoms with Gasteiger partial charge < -0.3 is 15.2 Å². The molecule has 0 bridgehead atoms. The highest BCUT2D eigenvalue weighted by Crippen LogP contribution is 2.23. The number of rotatable bonds is 6. The summed E-state index contributed by atoms with van der Waals surface area (Å²) in [5.41, 5.74) is 6.86. The van der Waals surface area contributed by atoms with Crippen LogP contribution >= 0.6 is 0 Å². The van der Waals surface area contributed by atoms with Crippen LogP contribution in [0, 0.1) is 0 Å². The van der Waals surface area contributed by atoms with Gasteiger partial charge in [0.1, 0.15) is 12.4 Å². The Kier molecular flexibility index (Phi) is 5.44. The number of likely N-dealkylation sites (tertiary alicyclic amines) is 1. The molecule has 116 valence electrons. The Morgan fingerprint density at radius 2 is 2.05 bits per heavy atom. The molecule has 21 heavy (non-hydrogen) atoms. The SMILES string of the molecule is CC(C)OC(=O)c1ccc(OCCN2CCCC2)c(N)c1. The Hall–Kier alpha value is -1.75. The number of hydrogen-bond acceptors (Lipinski definition) is 5. The monoisotopic (exact) mass is 292 g/mol. The molecule has 0 atom stereocenters. The van der Waals surface area contributed by atoms with Crippen molar-refractivity contribution in [1.29, 1.82) is 0 Å². The van der Waals surface area contributed by atoms with Crippen LogP contribution in [0.1, 0.15) is 37.0 Å². The van der Waals surface area contributed by atoms with Crippen molar-refractivity contribution in [1.82, 2.24) is 4.90 Å². The van der Waals surface area contributed by atoms with E-state index in [1.807, 2.05) is 13.8 Å².